The van der Waals surface area contributed by atoms with Crippen molar-refractivity contribution in [2.24, 2.45) is 0 Å². The first-order valence-corrected chi connectivity index (χ1v) is 5.80. The van der Waals surface area contributed by atoms with Gasteiger partial charge in [-0.3, -0.25) is 10.1 Å². The molecule has 0 aliphatic carbocycles. The van der Waals surface area contributed by atoms with Gasteiger partial charge in [-0.05, 0) is 30.3 Å². The summed E-state index contributed by atoms with van der Waals surface area (Å²) in [5, 5.41) is 19.7. The minimum absolute atomic E-state index is 0.180. The largest absolute Gasteiger partial charge is 0.478 e. The Morgan fingerprint density at radius 2 is 2.10 bits per heavy atom. The highest BCUT2D eigenvalue weighted by Gasteiger charge is 2.18. The van der Waals surface area contributed by atoms with Crippen molar-refractivity contribution < 1.29 is 19.2 Å². The van der Waals surface area contributed by atoms with Crippen LogP contribution in [0.1, 0.15) is 5.76 Å². The second-order valence-corrected chi connectivity index (χ2v) is 4.23. The van der Waals surface area contributed by atoms with Gasteiger partial charge in [-0.1, -0.05) is 11.6 Å². The third kappa shape index (κ3) is 3.04. The molecular formula is C13H8ClNO5. The smallest absolute Gasteiger partial charge is 0.328 e. The molecule has 0 radical (unpaired) electrons. The monoisotopic (exact) mass is 293 g/mol. The zero-order chi connectivity index (χ0) is 14.7. The van der Waals surface area contributed by atoms with Crippen LogP contribution in [0.15, 0.2) is 40.8 Å². The van der Waals surface area contributed by atoms with E-state index in [1.807, 2.05) is 0 Å². The summed E-state index contributed by atoms with van der Waals surface area (Å²) in [5.74, 6) is -0.564. The molecular weight excluding hydrogens is 286 g/mol. The van der Waals surface area contributed by atoms with Gasteiger partial charge in [0.1, 0.15) is 11.5 Å². The molecule has 20 heavy (non-hydrogen) atoms. The quantitative estimate of drug-likeness (QED) is 0.528. The Hall–Kier alpha value is -2.60. The molecule has 1 aromatic carbocycles. The maximum absolute atomic E-state index is 11.0. The van der Waals surface area contributed by atoms with Crippen molar-refractivity contribution in [3.63, 3.8) is 0 Å². The van der Waals surface area contributed by atoms with Gasteiger partial charge < -0.3 is 9.52 Å². The summed E-state index contributed by atoms with van der Waals surface area (Å²) < 4.78 is 5.35. The number of furan rings is 1. The summed E-state index contributed by atoms with van der Waals surface area (Å²) in [6.07, 6.45) is 2.17. The Kier molecular flexibility index (Phi) is 3.86. The number of nitro benzene ring substituents is 1. The van der Waals surface area contributed by atoms with Gasteiger partial charge in [-0.2, -0.15) is 0 Å². The van der Waals surface area contributed by atoms with Gasteiger partial charge in [-0.15, -0.1) is 0 Å². The van der Waals surface area contributed by atoms with E-state index in [0.29, 0.717) is 0 Å². The van der Waals surface area contributed by atoms with Crippen molar-refractivity contribution in [2.75, 3.05) is 0 Å². The Bertz CT molecular complexity index is 705. The number of nitro groups is 1. The van der Waals surface area contributed by atoms with Crippen LogP contribution < -0.4 is 0 Å². The first-order valence-electron chi connectivity index (χ1n) is 5.42. The molecule has 2 rings (SSSR count). The molecule has 0 aliphatic heterocycles. The van der Waals surface area contributed by atoms with Crippen LogP contribution in [0.3, 0.4) is 0 Å². The third-order valence-electron chi connectivity index (χ3n) is 2.44. The van der Waals surface area contributed by atoms with Crippen molar-refractivity contribution in [3.05, 3.63) is 57.3 Å². The summed E-state index contributed by atoms with van der Waals surface area (Å²) in [5.41, 5.74) is 0.0926. The Morgan fingerprint density at radius 3 is 2.75 bits per heavy atom. The second kappa shape index (κ2) is 5.58. The maximum atomic E-state index is 11.0. The van der Waals surface area contributed by atoms with Crippen molar-refractivity contribution in [3.8, 4) is 11.3 Å². The van der Waals surface area contributed by atoms with Crippen molar-refractivity contribution >= 4 is 29.3 Å². The molecule has 0 fully saturated rings. The van der Waals surface area contributed by atoms with E-state index in [0.717, 1.165) is 6.08 Å². The minimum atomic E-state index is -1.11. The van der Waals surface area contributed by atoms with E-state index in [1.54, 1.807) is 0 Å². The van der Waals surface area contributed by atoms with Crippen LogP contribution >= 0.6 is 11.6 Å². The summed E-state index contributed by atoms with van der Waals surface area (Å²) in [4.78, 5) is 20.8. The Labute approximate surface area is 118 Å². The lowest BCUT2D eigenvalue weighted by atomic mass is 10.1. The average molecular weight is 294 g/mol. The van der Waals surface area contributed by atoms with Gasteiger partial charge in [0.05, 0.1) is 10.5 Å². The zero-order valence-corrected chi connectivity index (χ0v) is 10.7. The molecule has 0 amide bonds. The SMILES string of the molecule is O=C(O)/C=C\c1ccc(-c2ccc(Cl)cc2[N+](=O)[O-])o1. The van der Waals surface area contributed by atoms with Crippen LogP contribution in [-0.2, 0) is 4.79 Å². The Morgan fingerprint density at radius 1 is 1.35 bits per heavy atom. The molecule has 6 nitrogen and oxygen atoms in total. The second-order valence-electron chi connectivity index (χ2n) is 3.79. The van der Waals surface area contributed by atoms with Gasteiger partial charge in [-0.25, -0.2) is 4.79 Å². The van der Waals surface area contributed by atoms with Crippen molar-refractivity contribution in [1.29, 1.82) is 0 Å². The number of carbonyl (C=O) groups is 1. The van der Waals surface area contributed by atoms with E-state index in [4.69, 9.17) is 21.1 Å². The lowest BCUT2D eigenvalue weighted by Gasteiger charge is -2.00. The van der Waals surface area contributed by atoms with Gasteiger partial charge in [0, 0.05) is 17.2 Å². The highest BCUT2D eigenvalue weighted by Crippen LogP contribution is 2.33. The van der Waals surface area contributed by atoms with Crippen LogP contribution in [0.25, 0.3) is 17.4 Å². The number of halogens is 1. The van der Waals surface area contributed by atoms with E-state index < -0.39 is 10.9 Å². The van der Waals surface area contributed by atoms with E-state index in [-0.39, 0.29) is 27.8 Å². The topological polar surface area (TPSA) is 93.6 Å². The molecule has 102 valence electrons. The molecule has 1 N–H and O–H groups in total. The van der Waals surface area contributed by atoms with Gasteiger partial charge in [0.2, 0.25) is 0 Å². The number of carboxylic acids is 1. The fourth-order valence-corrected chi connectivity index (χ4v) is 1.77. The standard InChI is InChI=1S/C13H8ClNO5/c14-8-1-4-10(11(7-8)15(18)19)12-5-2-9(20-12)3-6-13(16)17/h1-7H,(H,16,17)/b6-3-. The molecule has 0 saturated heterocycles. The highest BCUT2D eigenvalue weighted by atomic mass is 35.5. The van der Waals surface area contributed by atoms with Crippen LogP contribution in [0.5, 0.6) is 0 Å². The molecule has 0 aliphatic rings. The summed E-state index contributed by atoms with van der Waals surface area (Å²) in [7, 11) is 0. The summed E-state index contributed by atoms with van der Waals surface area (Å²) >= 11 is 5.73. The van der Waals surface area contributed by atoms with Crippen LogP contribution in [0.4, 0.5) is 5.69 Å². The highest BCUT2D eigenvalue weighted by molar-refractivity contribution is 6.30. The number of hydrogen-bond donors (Lipinski definition) is 1. The summed E-state index contributed by atoms with van der Waals surface area (Å²) in [6, 6.07) is 7.26. The van der Waals surface area contributed by atoms with Crippen LogP contribution in [0.2, 0.25) is 5.02 Å². The van der Waals surface area contributed by atoms with E-state index >= 15 is 0 Å². The third-order valence-corrected chi connectivity index (χ3v) is 2.67. The first kappa shape index (κ1) is 13.8. The first-order chi connectivity index (χ1) is 9.47. The lowest BCUT2D eigenvalue weighted by Crippen LogP contribution is -1.91. The number of nitrogens with zero attached hydrogens (tertiary/aromatic N) is 1. The predicted octanol–water partition coefficient (Wildman–Crippen LogP) is 3.61. The summed E-state index contributed by atoms with van der Waals surface area (Å²) in [6.45, 7) is 0. The van der Waals surface area contributed by atoms with Crippen molar-refractivity contribution in [2.45, 2.75) is 0 Å². The average Bonchev–Trinajstić information content (AvgIpc) is 2.84. The molecule has 1 aromatic heterocycles. The maximum Gasteiger partial charge on any atom is 0.328 e. The van der Waals surface area contributed by atoms with E-state index in [1.165, 1.54) is 36.4 Å². The van der Waals surface area contributed by atoms with Crippen LogP contribution in [-0.4, -0.2) is 16.0 Å². The zero-order valence-electron chi connectivity index (χ0n) is 9.95. The van der Waals surface area contributed by atoms with Crippen molar-refractivity contribution in [1.82, 2.24) is 0 Å². The fourth-order valence-electron chi connectivity index (χ4n) is 1.60. The molecule has 0 atom stereocenters. The number of aliphatic carboxylic acids is 1. The normalized spacial score (nSPS) is 10.8. The molecule has 2 aromatic rings. The van der Waals surface area contributed by atoms with Gasteiger partial charge in [0.15, 0.2) is 0 Å². The molecule has 0 spiro atoms. The van der Waals surface area contributed by atoms with Crippen LogP contribution in [0, 0.1) is 10.1 Å². The number of carboxylic acid groups (broad SMARTS) is 1. The number of benzene rings is 1. The minimum Gasteiger partial charge on any atom is -0.478 e. The molecule has 0 saturated carbocycles. The molecule has 0 unspecified atom stereocenters. The Balaban J connectivity index is 2.42. The molecule has 7 heteroatoms. The lowest BCUT2D eigenvalue weighted by molar-refractivity contribution is -0.384. The van der Waals surface area contributed by atoms with E-state index in [9.17, 15) is 14.9 Å². The fraction of sp³-hybridized carbons (Fsp3) is 0. The van der Waals surface area contributed by atoms with Gasteiger partial charge >= 0.3 is 5.97 Å². The molecule has 1 heterocycles. The molecule has 0 bridgehead atoms. The number of hydrogen-bond acceptors (Lipinski definition) is 4. The number of rotatable bonds is 4. The van der Waals surface area contributed by atoms with Gasteiger partial charge in [0.25, 0.3) is 5.69 Å². The van der Waals surface area contributed by atoms with E-state index in [2.05, 4.69) is 0 Å². The predicted molar refractivity (Wildman–Crippen MR) is 72.5 cm³/mol.